The lowest BCUT2D eigenvalue weighted by molar-refractivity contribution is -0.120. The second kappa shape index (κ2) is 9.94. The molecule has 4 aromatic rings. The lowest BCUT2D eigenvalue weighted by Crippen LogP contribution is -2.44. The molecule has 0 aliphatic carbocycles. The van der Waals surface area contributed by atoms with Gasteiger partial charge < -0.3 is 0 Å². The standard InChI is InChI=1S/C18H23N2OP.C9H9N2P/c1-17(2)12-15(21)13-18(3,4)22(17)16-10-11-19-20(16)14-8-6-5-7-9-14;12-9-6-7-10-11(9)8-4-2-1-3-5-8/h5-11H,12-13H2,1-4H3;1-7H,12H2. The second-order valence-corrected chi connectivity index (χ2v) is 13.9. The van der Waals surface area contributed by atoms with Crippen LogP contribution >= 0.6 is 17.2 Å². The predicted octanol–water partition coefficient (Wildman–Crippen LogP) is 5.27. The predicted molar refractivity (Wildman–Crippen MR) is 145 cm³/mol. The summed E-state index contributed by atoms with van der Waals surface area (Å²) in [6, 6.07) is 24.4. The topological polar surface area (TPSA) is 52.7 Å². The van der Waals surface area contributed by atoms with Gasteiger partial charge in [0.1, 0.15) is 5.78 Å². The molecule has 2 aromatic heterocycles. The van der Waals surface area contributed by atoms with Crippen LogP contribution in [0, 0.1) is 0 Å². The van der Waals surface area contributed by atoms with Gasteiger partial charge in [-0.25, -0.2) is 9.36 Å². The van der Waals surface area contributed by atoms with Crippen LogP contribution in [0.4, 0.5) is 0 Å². The molecule has 176 valence electrons. The van der Waals surface area contributed by atoms with Crippen molar-refractivity contribution in [2.45, 2.75) is 50.8 Å². The van der Waals surface area contributed by atoms with Gasteiger partial charge in [-0.15, -0.1) is 0 Å². The zero-order valence-corrected chi connectivity index (χ0v) is 22.3. The molecular formula is C27H32N4OP2. The van der Waals surface area contributed by atoms with Crippen molar-refractivity contribution in [3.8, 4) is 11.4 Å². The lowest BCUT2D eigenvalue weighted by atomic mass is 9.97. The van der Waals surface area contributed by atoms with Crippen molar-refractivity contribution in [2.75, 3.05) is 0 Å². The van der Waals surface area contributed by atoms with Crippen LogP contribution < -0.4 is 10.9 Å². The van der Waals surface area contributed by atoms with Crippen LogP contribution in [0.3, 0.4) is 0 Å². The normalized spacial score (nSPS) is 17.1. The summed E-state index contributed by atoms with van der Waals surface area (Å²) in [6.45, 7) is 8.94. The summed E-state index contributed by atoms with van der Waals surface area (Å²) in [5.74, 6) is 0.388. The van der Waals surface area contributed by atoms with E-state index in [1.54, 1.807) is 6.20 Å². The summed E-state index contributed by atoms with van der Waals surface area (Å²) >= 11 is 0. The monoisotopic (exact) mass is 490 g/mol. The molecule has 0 bridgehead atoms. The second-order valence-electron chi connectivity index (χ2n) is 9.79. The summed E-state index contributed by atoms with van der Waals surface area (Å²) in [5, 5.41) is 8.74. The van der Waals surface area contributed by atoms with Crippen molar-refractivity contribution >= 4 is 33.8 Å². The SMILES string of the molecule is CC1(C)CC(=O)CC(C)(C)P1c1ccnn1-c1ccccc1.Pc1ccnn1-c1ccccc1. The van der Waals surface area contributed by atoms with E-state index in [9.17, 15) is 4.79 Å². The Balaban J connectivity index is 0.000000192. The van der Waals surface area contributed by atoms with Crippen LogP contribution in [0.25, 0.3) is 11.4 Å². The largest absolute Gasteiger partial charge is 0.300 e. The van der Waals surface area contributed by atoms with Gasteiger partial charge in [-0.2, -0.15) is 10.2 Å². The fourth-order valence-electron chi connectivity index (χ4n) is 4.96. The molecule has 2 aromatic carbocycles. The third kappa shape index (κ3) is 5.22. The number of rotatable bonds is 3. The maximum Gasteiger partial charge on any atom is 0.134 e. The molecule has 1 unspecified atom stereocenters. The molecule has 34 heavy (non-hydrogen) atoms. The van der Waals surface area contributed by atoms with Crippen molar-refractivity contribution in [3.63, 3.8) is 0 Å². The number of Topliss-reactive ketones (excluding diaryl/α,β-unsaturated/α-hetero) is 1. The summed E-state index contributed by atoms with van der Waals surface area (Å²) < 4.78 is 3.94. The third-order valence-corrected chi connectivity index (χ3v) is 9.97. The van der Waals surface area contributed by atoms with Crippen LogP contribution in [0.5, 0.6) is 0 Å². The minimum Gasteiger partial charge on any atom is -0.300 e. The van der Waals surface area contributed by atoms with Gasteiger partial charge in [0.05, 0.1) is 34.6 Å². The summed E-state index contributed by atoms with van der Waals surface area (Å²) in [4.78, 5) is 12.2. The van der Waals surface area contributed by atoms with Crippen LogP contribution in [0.15, 0.2) is 85.2 Å². The molecular weight excluding hydrogens is 458 g/mol. The Hall–Kier alpha value is -2.61. The fraction of sp³-hybridized carbons (Fsp3) is 0.296. The van der Waals surface area contributed by atoms with Gasteiger partial charge in [-0.1, -0.05) is 73.3 Å². The Labute approximate surface area is 205 Å². The summed E-state index contributed by atoms with van der Waals surface area (Å²) in [6.07, 6.45) is 5.01. The first-order chi connectivity index (χ1) is 16.2. The Kier molecular flexibility index (Phi) is 7.17. The van der Waals surface area contributed by atoms with E-state index in [2.05, 4.69) is 70.0 Å². The minimum absolute atomic E-state index is 0.000725. The molecule has 0 radical (unpaired) electrons. The zero-order valence-electron chi connectivity index (χ0n) is 20.2. The summed E-state index contributed by atoms with van der Waals surface area (Å²) in [5.41, 5.74) is 4.52. The van der Waals surface area contributed by atoms with Crippen LogP contribution in [0.1, 0.15) is 40.5 Å². The molecule has 1 aliphatic rings. The highest BCUT2D eigenvalue weighted by Crippen LogP contribution is 2.64. The molecule has 3 heterocycles. The van der Waals surface area contributed by atoms with Crippen molar-refractivity contribution in [3.05, 3.63) is 85.2 Å². The van der Waals surface area contributed by atoms with E-state index in [1.165, 1.54) is 5.44 Å². The van der Waals surface area contributed by atoms with Gasteiger partial charge in [-0.05, 0) is 54.6 Å². The number of hydrogen-bond donors (Lipinski definition) is 0. The highest BCUT2D eigenvalue weighted by molar-refractivity contribution is 7.68. The van der Waals surface area contributed by atoms with Crippen molar-refractivity contribution in [1.82, 2.24) is 19.6 Å². The number of benzene rings is 2. The van der Waals surface area contributed by atoms with E-state index in [0.717, 1.165) is 16.8 Å². The average molecular weight is 491 g/mol. The number of hydrogen-bond acceptors (Lipinski definition) is 3. The minimum atomic E-state index is -0.508. The third-order valence-electron chi connectivity index (χ3n) is 6.00. The first-order valence-electron chi connectivity index (χ1n) is 11.5. The van der Waals surface area contributed by atoms with Gasteiger partial charge in [0.15, 0.2) is 0 Å². The molecule has 1 fully saturated rings. The number of carbonyl (C=O) groups is 1. The molecule has 0 N–H and O–H groups in total. The molecule has 5 rings (SSSR count). The molecule has 1 saturated heterocycles. The highest BCUT2D eigenvalue weighted by Gasteiger charge is 2.48. The van der Waals surface area contributed by atoms with E-state index in [0.29, 0.717) is 18.6 Å². The Morgan fingerprint density at radius 2 is 1.21 bits per heavy atom. The van der Waals surface area contributed by atoms with Crippen molar-refractivity contribution in [2.24, 2.45) is 0 Å². The highest BCUT2D eigenvalue weighted by atomic mass is 31.1. The number of carbonyl (C=O) groups excluding carboxylic acids is 1. The number of aromatic nitrogens is 4. The van der Waals surface area contributed by atoms with Gasteiger partial charge in [-0.3, -0.25) is 4.79 Å². The van der Waals surface area contributed by atoms with Crippen molar-refractivity contribution < 1.29 is 4.79 Å². The number of nitrogens with zero attached hydrogens (tertiary/aromatic N) is 4. The molecule has 0 saturated carbocycles. The Morgan fingerprint density at radius 3 is 1.71 bits per heavy atom. The molecule has 0 spiro atoms. The lowest BCUT2D eigenvalue weighted by Gasteiger charge is -2.48. The Morgan fingerprint density at radius 1 is 0.735 bits per heavy atom. The van der Waals surface area contributed by atoms with E-state index < -0.39 is 7.92 Å². The number of ketones is 1. The molecule has 1 atom stereocenters. The van der Waals surface area contributed by atoms with Gasteiger partial charge in [0.2, 0.25) is 0 Å². The first kappa shape index (κ1) is 24.5. The van der Waals surface area contributed by atoms with Crippen LogP contribution in [0.2, 0.25) is 0 Å². The zero-order chi connectivity index (χ0) is 24.3. The van der Waals surface area contributed by atoms with E-state index in [4.69, 9.17) is 0 Å². The van der Waals surface area contributed by atoms with Crippen LogP contribution in [-0.4, -0.2) is 35.7 Å². The molecule has 1 aliphatic heterocycles. The average Bonchev–Trinajstić information content (AvgIpc) is 3.42. The maximum absolute atomic E-state index is 12.2. The summed E-state index contributed by atoms with van der Waals surface area (Å²) in [7, 11) is 2.14. The van der Waals surface area contributed by atoms with E-state index in [1.807, 2.05) is 65.5 Å². The number of para-hydroxylation sites is 2. The fourth-order valence-corrected chi connectivity index (χ4v) is 9.38. The van der Waals surface area contributed by atoms with E-state index in [-0.39, 0.29) is 10.3 Å². The maximum atomic E-state index is 12.2. The quantitative estimate of drug-likeness (QED) is 0.368. The van der Waals surface area contributed by atoms with Crippen molar-refractivity contribution in [1.29, 1.82) is 0 Å². The van der Waals surface area contributed by atoms with Gasteiger partial charge in [0.25, 0.3) is 0 Å². The molecule has 5 nitrogen and oxygen atoms in total. The smallest absolute Gasteiger partial charge is 0.134 e. The van der Waals surface area contributed by atoms with E-state index >= 15 is 0 Å². The van der Waals surface area contributed by atoms with Crippen LogP contribution in [-0.2, 0) is 4.79 Å². The van der Waals surface area contributed by atoms with Gasteiger partial charge in [0, 0.05) is 12.8 Å². The van der Waals surface area contributed by atoms with Gasteiger partial charge >= 0.3 is 0 Å². The molecule has 7 heteroatoms. The first-order valence-corrected chi connectivity index (χ1v) is 13.4. The Bertz CT molecular complexity index is 1230. The molecule has 0 amide bonds.